The van der Waals surface area contributed by atoms with Crippen molar-refractivity contribution in [2.24, 2.45) is 0 Å². The topological polar surface area (TPSA) is 84.7 Å². The maximum Gasteiger partial charge on any atom is 0.411 e. The van der Waals surface area contributed by atoms with Crippen molar-refractivity contribution in [2.75, 3.05) is 6.54 Å². The van der Waals surface area contributed by atoms with E-state index in [0.717, 1.165) is 6.42 Å². The van der Waals surface area contributed by atoms with Crippen molar-refractivity contribution in [1.29, 1.82) is 0 Å². The molecule has 7 nitrogen and oxygen atoms in total. The summed E-state index contributed by atoms with van der Waals surface area (Å²) < 4.78 is 7.07. The van der Waals surface area contributed by atoms with Crippen LogP contribution in [0.15, 0.2) is 12.5 Å². The number of aryl methyl sites for hydroxylation is 1. The SMILES string of the molecule is CCCn1cncc1C(C(=O)O)N(CC)C(=O)OC(C)(C)C. The molecule has 0 saturated heterocycles. The van der Waals surface area contributed by atoms with E-state index in [2.05, 4.69) is 4.98 Å². The molecule has 0 radical (unpaired) electrons. The molecular formula is C15H25N3O4. The van der Waals surface area contributed by atoms with Gasteiger partial charge >= 0.3 is 12.1 Å². The van der Waals surface area contributed by atoms with Crippen LogP contribution in [-0.2, 0) is 16.1 Å². The number of imidazole rings is 1. The fourth-order valence-electron chi connectivity index (χ4n) is 2.14. The summed E-state index contributed by atoms with van der Waals surface area (Å²) in [7, 11) is 0. The molecule has 0 bridgehead atoms. The summed E-state index contributed by atoms with van der Waals surface area (Å²) in [6.07, 6.45) is 3.26. The maximum absolute atomic E-state index is 12.3. The van der Waals surface area contributed by atoms with Crippen molar-refractivity contribution >= 4 is 12.1 Å². The number of hydrogen-bond donors (Lipinski definition) is 1. The molecule has 1 rings (SSSR count). The first-order chi connectivity index (χ1) is 10.2. The number of aliphatic carboxylic acids is 1. The Balaban J connectivity index is 3.14. The highest BCUT2D eigenvalue weighted by Crippen LogP contribution is 2.23. The summed E-state index contributed by atoms with van der Waals surface area (Å²) in [4.78, 5) is 29.3. The Labute approximate surface area is 130 Å². The minimum Gasteiger partial charge on any atom is -0.479 e. The van der Waals surface area contributed by atoms with Crippen LogP contribution in [-0.4, -0.2) is 43.8 Å². The minimum atomic E-state index is -1.12. The summed E-state index contributed by atoms with van der Waals surface area (Å²) in [6, 6.07) is -1.12. The number of aromatic nitrogens is 2. The van der Waals surface area contributed by atoms with E-state index in [1.54, 1.807) is 38.6 Å². The Bertz CT molecular complexity index is 519. The fourth-order valence-corrected chi connectivity index (χ4v) is 2.14. The maximum atomic E-state index is 12.3. The van der Waals surface area contributed by atoms with E-state index in [1.807, 2.05) is 6.92 Å². The molecule has 1 heterocycles. The molecule has 0 fully saturated rings. The van der Waals surface area contributed by atoms with Gasteiger partial charge in [-0.3, -0.25) is 4.90 Å². The third-order valence-corrected chi connectivity index (χ3v) is 3.00. The van der Waals surface area contributed by atoms with Crippen molar-refractivity contribution in [2.45, 2.75) is 59.2 Å². The molecule has 0 saturated carbocycles. The zero-order chi connectivity index (χ0) is 16.9. The molecule has 124 valence electrons. The first-order valence-corrected chi connectivity index (χ1v) is 7.43. The van der Waals surface area contributed by atoms with Gasteiger partial charge in [-0.1, -0.05) is 6.92 Å². The van der Waals surface area contributed by atoms with Crippen LogP contribution in [0.3, 0.4) is 0 Å². The zero-order valence-electron chi connectivity index (χ0n) is 13.9. The first kappa shape index (κ1) is 18.0. The van der Waals surface area contributed by atoms with Crippen LogP contribution in [0.2, 0.25) is 0 Å². The zero-order valence-corrected chi connectivity index (χ0v) is 13.9. The smallest absolute Gasteiger partial charge is 0.411 e. The molecule has 1 aromatic rings. The van der Waals surface area contributed by atoms with Gasteiger partial charge in [0.1, 0.15) is 5.60 Å². The van der Waals surface area contributed by atoms with Gasteiger partial charge < -0.3 is 14.4 Å². The lowest BCUT2D eigenvalue weighted by Crippen LogP contribution is -2.42. The van der Waals surface area contributed by atoms with E-state index < -0.39 is 23.7 Å². The summed E-state index contributed by atoms with van der Waals surface area (Å²) >= 11 is 0. The number of amides is 1. The van der Waals surface area contributed by atoms with E-state index in [0.29, 0.717) is 12.2 Å². The lowest BCUT2D eigenvalue weighted by atomic mass is 10.1. The van der Waals surface area contributed by atoms with Crippen molar-refractivity contribution < 1.29 is 19.4 Å². The highest BCUT2D eigenvalue weighted by Gasteiger charge is 2.35. The molecular weight excluding hydrogens is 286 g/mol. The molecule has 0 aliphatic heterocycles. The Hall–Kier alpha value is -2.05. The van der Waals surface area contributed by atoms with Crippen LogP contribution in [0.25, 0.3) is 0 Å². The first-order valence-electron chi connectivity index (χ1n) is 7.43. The molecule has 1 unspecified atom stereocenters. The summed E-state index contributed by atoms with van der Waals surface area (Å²) in [5, 5.41) is 9.60. The molecule has 1 amide bonds. The molecule has 0 aliphatic rings. The second kappa shape index (κ2) is 7.29. The molecule has 0 spiro atoms. The van der Waals surface area contributed by atoms with Crippen LogP contribution in [0.4, 0.5) is 4.79 Å². The number of ether oxygens (including phenoxy) is 1. The normalized spacial score (nSPS) is 12.8. The summed E-state index contributed by atoms with van der Waals surface area (Å²) in [5.74, 6) is -1.11. The standard InChI is InChI=1S/C15H25N3O4/c1-6-8-17-10-16-9-11(17)12(13(19)20)18(7-2)14(21)22-15(3,4)5/h9-10,12H,6-8H2,1-5H3,(H,19,20). The number of nitrogens with zero attached hydrogens (tertiary/aromatic N) is 3. The number of carbonyl (C=O) groups excluding carboxylic acids is 1. The lowest BCUT2D eigenvalue weighted by Gasteiger charge is -2.30. The number of carboxylic acid groups (broad SMARTS) is 1. The molecule has 0 aromatic carbocycles. The van der Waals surface area contributed by atoms with Gasteiger partial charge in [-0.25, -0.2) is 14.6 Å². The van der Waals surface area contributed by atoms with Gasteiger partial charge in [-0.15, -0.1) is 0 Å². The van der Waals surface area contributed by atoms with Gasteiger partial charge in [0.05, 0.1) is 18.2 Å². The number of carboxylic acids is 1. The third-order valence-electron chi connectivity index (χ3n) is 3.00. The number of carbonyl (C=O) groups is 2. The highest BCUT2D eigenvalue weighted by atomic mass is 16.6. The largest absolute Gasteiger partial charge is 0.479 e. The van der Waals surface area contributed by atoms with Crippen LogP contribution < -0.4 is 0 Å². The van der Waals surface area contributed by atoms with Crippen molar-refractivity contribution in [3.05, 3.63) is 18.2 Å². The van der Waals surface area contributed by atoms with E-state index in [4.69, 9.17) is 4.74 Å². The van der Waals surface area contributed by atoms with E-state index >= 15 is 0 Å². The molecule has 1 N–H and O–H groups in total. The molecule has 22 heavy (non-hydrogen) atoms. The average molecular weight is 311 g/mol. The van der Waals surface area contributed by atoms with Gasteiger partial charge in [0.15, 0.2) is 6.04 Å². The molecule has 1 atom stereocenters. The monoisotopic (exact) mass is 311 g/mol. The van der Waals surface area contributed by atoms with Gasteiger partial charge in [0, 0.05) is 13.1 Å². The Morgan fingerprint density at radius 1 is 1.41 bits per heavy atom. The number of hydrogen-bond acceptors (Lipinski definition) is 4. The van der Waals surface area contributed by atoms with E-state index in [9.17, 15) is 14.7 Å². The summed E-state index contributed by atoms with van der Waals surface area (Å²) in [5.41, 5.74) is -0.209. The van der Waals surface area contributed by atoms with Crippen LogP contribution in [0.5, 0.6) is 0 Å². The predicted octanol–water partition coefficient (Wildman–Crippen LogP) is 2.68. The highest BCUT2D eigenvalue weighted by molar-refractivity contribution is 5.81. The van der Waals surface area contributed by atoms with Crippen LogP contribution in [0, 0.1) is 0 Å². The Kier molecular flexibility index (Phi) is 5.96. The minimum absolute atomic E-state index is 0.225. The lowest BCUT2D eigenvalue weighted by molar-refractivity contribution is -0.143. The van der Waals surface area contributed by atoms with E-state index in [-0.39, 0.29) is 6.54 Å². The second-order valence-corrected chi connectivity index (χ2v) is 6.02. The van der Waals surface area contributed by atoms with Crippen LogP contribution >= 0.6 is 0 Å². The van der Waals surface area contributed by atoms with Gasteiger partial charge in [-0.05, 0) is 34.1 Å². The molecule has 1 aromatic heterocycles. The quantitative estimate of drug-likeness (QED) is 0.873. The van der Waals surface area contributed by atoms with Crippen molar-refractivity contribution in [3.63, 3.8) is 0 Å². The van der Waals surface area contributed by atoms with Crippen molar-refractivity contribution in [1.82, 2.24) is 14.5 Å². The van der Waals surface area contributed by atoms with Crippen molar-refractivity contribution in [3.8, 4) is 0 Å². The second-order valence-electron chi connectivity index (χ2n) is 6.02. The van der Waals surface area contributed by atoms with Gasteiger partial charge in [-0.2, -0.15) is 0 Å². The fraction of sp³-hybridized carbons (Fsp3) is 0.667. The molecule has 0 aliphatic carbocycles. The van der Waals surface area contributed by atoms with Gasteiger partial charge in [0.2, 0.25) is 0 Å². The average Bonchev–Trinajstić information content (AvgIpc) is 2.81. The van der Waals surface area contributed by atoms with Crippen LogP contribution in [0.1, 0.15) is 52.8 Å². The van der Waals surface area contributed by atoms with Gasteiger partial charge in [0.25, 0.3) is 0 Å². The number of rotatable bonds is 6. The molecule has 7 heteroatoms. The predicted molar refractivity (Wildman–Crippen MR) is 81.5 cm³/mol. The summed E-state index contributed by atoms with van der Waals surface area (Å²) in [6.45, 7) is 9.82. The Morgan fingerprint density at radius 2 is 2.05 bits per heavy atom. The Morgan fingerprint density at radius 3 is 2.50 bits per heavy atom. The number of likely N-dealkylation sites (N-methyl/N-ethyl adjacent to an activating group) is 1. The van der Waals surface area contributed by atoms with E-state index in [1.165, 1.54) is 11.1 Å². The third kappa shape index (κ3) is 4.47.